The number of nitrogens with zero attached hydrogens (tertiary/aromatic N) is 2. The molecule has 1 aromatic heterocycles. The molecule has 2 N–H and O–H groups in total. The first-order valence-electron chi connectivity index (χ1n) is 12.9. The quantitative estimate of drug-likeness (QED) is 0.342. The molecule has 0 aliphatic carbocycles. The number of sulfonamides is 1. The number of thiophene rings is 1. The molecule has 40 heavy (non-hydrogen) atoms. The standard InChI is InChI=1S/C28H33Cl2N3O5S2/c1-18-14-33(19(2)17-34)27(35)13-21-12-22(31-40(36,37)28-5-4-10-39-28)7-9-25(21)38-26(18)16-32(3)15-20-6-8-23(29)24(30)11-20/h4-12,18-19,26,31,34H,13-17H2,1-3H3/t18-,19-,26-/m1/s1. The Morgan fingerprint density at radius 2 is 1.98 bits per heavy atom. The second-order valence-electron chi connectivity index (χ2n) is 10.2. The van der Waals surface area contributed by atoms with Gasteiger partial charge in [0.15, 0.2) is 0 Å². The van der Waals surface area contributed by atoms with Gasteiger partial charge < -0.3 is 14.7 Å². The highest BCUT2D eigenvalue weighted by Crippen LogP contribution is 2.31. The van der Waals surface area contributed by atoms with Crippen LogP contribution in [0.2, 0.25) is 10.0 Å². The second kappa shape index (κ2) is 13.1. The Hall–Kier alpha value is -2.34. The average molecular weight is 627 g/mol. The first kappa shape index (κ1) is 30.6. The summed E-state index contributed by atoms with van der Waals surface area (Å²) in [6.07, 6.45) is -0.299. The number of nitrogens with one attached hydrogen (secondary N) is 1. The SMILES string of the molecule is C[C@@H]1CN([C@H](C)CO)C(=O)Cc2cc(NS(=O)(=O)c3cccs3)ccc2O[C@@H]1CN(C)Cc1ccc(Cl)c(Cl)c1. The van der Waals surface area contributed by atoms with E-state index in [2.05, 4.69) is 9.62 Å². The van der Waals surface area contributed by atoms with Gasteiger partial charge >= 0.3 is 0 Å². The number of benzene rings is 2. The summed E-state index contributed by atoms with van der Waals surface area (Å²) in [7, 11) is -1.78. The van der Waals surface area contributed by atoms with Gasteiger partial charge in [-0.05, 0) is 61.3 Å². The summed E-state index contributed by atoms with van der Waals surface area (Å²) in [6.45, 7) is 5.21. The number of hydrogen-bond acceptors (Lipinski definition) is 7. The van der Waals surface area contributed by atoms with Crippen molar-refractivity contribution in [3.05, 3.63) is 75.1 Å². The number of halogens is 2. The number of carbonyl (C=O) groups excluding carboxylic acids is 1. The first-order chi connectivity index (χ1) is 19.0. The van der Waals surface area contributed by atoms with E-state index in [0.29, 0.717) is 46.7 Å². The maximum atomic E-state index is 13.4. The summed E-state index contributed by atoms with van der Waals surface area (Å²) in [5.41, 5.74) is 1.91. The van der Waals surface area contributed by atoms with Crippen molar-refractivity contribution in [2.75, 3.05) is 31.5 Å². The summed E-state index contributed by atoms with van der Waals surface area (Å²) in [6, 6.07) is 13.4. The summed E-state index contributed by atoms with van der Waals surface area (Å²) in [5.74, 6) is 0.282. The van der Waals surface area contributed by atoms with Crippen molar-refractivity contribution in [3.63, 3.8) is 0 Å². The minimum Gasteiger partial charge on any atom is -0.488 e. The molecule has 0 saturated heterocycles. The van der Waals surface area contributed by atoms with Crippen LogP contribution >= 0.6 is 34.5 Å². The smallest absolute Gasteiger partial charge is 0.271 e. The summed E-state index contributed by atoms with van der Waals surface area (Å²) < 4.78 is 35.0. The molecule has 0 radical (unpaired) electrons. The van der Waals surface area contributed by atoms with E-state index in [1.54, 1.807) is 47.5 Å². The number of likely N-dealkylation sites (N-methyl/N-ethyl adjacent to an activating group) is 1. The Morgan fingerprint density at radius 1 is 1.20 bits per heavy atom. The van der Waals surface area contributed by atoms with Crippen LogP contribution in [-0.4, -0.2) is 68.1 Å². The van der Waals surface area contributed by atoms with E-state index < -0.39 is 10.0 Å². The van der Waals surface area contributed by atoms with E-state index in [0.717, 1.165) is 16.9 Å². The number of carbonyl (C=O) groups is 1. The molecule has 8 nitrogen and oxygen atoms in total. The summed E-state index contributed by atoms with van der Waals surface area (Å²) >= 11 is 13.4. The molecule has 3 aromatic rings. The molecule has 0 unspecified atom stereocenters. The van der Waals surface area contributed by atoms with E-state index >= 15 is 0 Å². The molecule has 1 aliphatic heterocycles. The van der Waals surface area contributed by atoms with Crippen LogP contribution in [0.4, 0.5) is 5.69 Å². The summed E-state index contributed by atoms with van der Waals surface area (Å²) in [5, 5.41) is 12.6. The number of fused-ring (bicyclic) bond motifs is 1. The molecular weight excluding hydrogens is 593 g/mol. The van der Waals surface area contributed by atoms with Gasteiger partial charge in [0.1, 0.15) is 16.1 Å². The number of rotatable bonds is 9. The van der Waals surface area contributed by atoms with Gasteiger partial charge in [-0.2, -0.15) is 0 Å². The third kappa shape index (κ3) is 7.48. The molecule has 0 spiro atoms. The molecule has 1 amide bonds. The van der Waals surface area contributed by atoms with Gasteiger partial charge in [-0.3, -0.25) is 14.4 Å². The third-order valence-electron chi connectivity index (χ3n) is 6.86. The van der Waals surface area contributed by atoms with Crippen LogP contribution in [0, 0.1) is 5.92 Å². The van der Waals surface area contributed by atoms with E-state index in [4.69, 9.17) is 27.9 Å². The monoisotopic (exact) mass is 625 g/mol. The van der Waals surface area contributed by atoms with Crippen molar-refractivity contribution in [2.24, 2.45) is 5.92 Å². The zero-order valence-electron chi connectivity index (χ0n) is 22.5. The summed E-state index contributed by atoms with van der Waals surface area (Å²) in [4.78, 5) is 17.2. The molecule has 0 fully saturated rings. The Morgan fingerprint density at radius 3 is 2.65 bits per heavy atom. The minimum atomic E-state index is -3.76. The maximum absolute atomic E-state index is 13.4. The van der Waals surface area contributed by atoms with Gasteiger partial charge in [0.05, 0.1) is 29.1 Å². The van der Waals surface area contributed by atoms with Crippen molar-refractivity contribution in [2.45, 2.75) is 43.2 Å². The van der Waals surface area contributed by atoms with Gasteiger partial charge in [0.25, 0.3) is 10.0 Å². The van der Waals surface area contributed by atoms with Crippen LogP contribution in [0.25, 0.3) is 0 Å². The Labute approximate surface area is 249 Å². The Balaban J connectivity index is 1.62. The fourth-order valence-corrected chi connectivity index (χ4v) is 7.02. The lowest BCUT2D eigenvalue weighted by molar-refractivity contribution is -0.134. The molecule has 4 rings (SSSR count). The van der Waals surface area contributed by atoms with Crippen molar-refractivity contribution >= 4 is 56.2 Å². The minimum absolute atomic E-state index is 0.00674. The third-order valence-corrected chi connectivity index (χ3v) is 10.4. The lowest BCUT2D eigenvalue weighted by atomic mass is 10.0. The van der Waals surface area contributed by atoms with E-state index in [1.807, 2.05) is 26.1 Å². The predicted octanol–water partition coefficient (Wildman–Crippen LogP) is 5.14. The normalized spacial score (nSPS) is 18.9. The highest BCUT2D eigenvalue weighted by molar-refractivity contribution is 7.94. The maximum Gasteiger partial charge on any atom is 0.271 e. The van der Waals surface area contributed by atoms with Crippen molar-refractivity contribution in [1.29, 1.82) is 0 Å². The lowest BCUT2D eigenvalue weighted by Crippen LogP contribution is -2.47. The molecular formula is C28H33Cl2N3O5S2. The Bertz CT molecular complexity index is 1440. The number of aliphatic hydroxyl groups is 1. The van der Waals surface area contributed by atoms with E-state index in [9.17, 15) is 18.3 Å². The first-order valence-corrected chi connectivity index (χ1v) is 16.0. The molecule has 2 aromatic carbocycles. The molecule has 2 heterocycles. The van der Waals surface area contributed by atoms with Crippen LogP contribution in [0.15, 0.2) is 58.1 Å². The van der Waals surface area contributed by atoms with E-state index in [-0.39, 0.29) is 41.2 Å². The second-order valence-corrected chi connectivity index (χ2v) is 13.9. The lowest BCUT2D eigenvalue weighted by Gasteiger charge is -2.34. The Kier molecular flexibility index (Phi) is 10.0. The fourth-order valence-electron chi connectivity index (χ4n) is 4.65. The zero-order chi connectivity index (χ0) is 29.0. The van der Waals surface area contributed by atoms with Crippen LogP contribution in [0.3, 0.4) is 0 Å². The number of ether oxygens (including phenoxy) is 1. The molecule has 3 atom stereocenters. The molecule has 12 heteroatoms. The molecule has 216 valence electrons. The molecule has 0 bridgehead atoms. The average Bonchev–Trinajstić information content (AvgIpc) is 3.46. The number of amides is 1. The highest BCUT2D eigenvalue weighted by Gasteiger charge is 2.31. The van der Waals surface area contributed by atoms with Gasteiger partial charge in [0, 0.05) is 36.8 Å². The highest BCUT2D eigenvalue weighted by atomic mass is 35.5. The van der Waals surface area contributed by atoms with Crippen LogP contribution in [0.1, 0.15) is 25.0 Å². The zero-order valence-corrected chi connectivity index (χ0v) is 25.7. The van der Waals surface area contributed by atoms with Gasteiger partial charge in [-0.25, -0.2) is 8.42 Å². The van der Waals surface area contributed by atoms with Gasteiger partial charge in [-0.15, -0.1) is 11.3 Å². The van der Waals surface area contributed by atoms with Crippen LogP contribution < -0.4 is 9.46 Å². The number of hydrogen-bond donors (Lipinski definition) is 2. The van der Waals surface area contributed by atoms with Crippen molar-refractivity contribution in [3.8, 4) is 5.75 Å². The number of aliphatic hydroxyl groups excluding tert-OH is 1. The molecule has 0 saturated carbocycles. The van der Waals surface area contributed by atoms with Crippen molar-refractivity contribution in [1.82, 2.24) is 9.80 Å². The fraction of sp³-hybridized carbons (Fsp3) is 0.393. The number of anilines is 1. The van der Waals surface area contributed by atoms with Gasteiger partial charge in [-0.1, -0.05) is 42.3 Å². The predicted molar refractivity (Wildman–Crippen MR) is 160 cm³/mol. The topological polar surface area (TPSA) is 99.2 Å². The van der Waals surface area contributed by atoms with Crippen LogP contribution in [-0.2, 0) is 27.8 Å². The van der Waals surface area contributed by atoms with E-state index in [1.165, 1.54) is 6.07 Å². The molecule has 1 aliphatic rings. The van der Waals surface area contributed by atoms with Gasteiger partial charge in [0.2, 0.25) is 5.91 Å². The van der Waals surface area contributed by atoms with Crippen molar-refractivity contribution < 1.29 is 23.1 Å². The van der Waals surface area contributed by atoms with Crippen LogP contribution in [0.5, 0.6) is 5.75 Å². The largest absolute Gasteiger partial charge is 0.488 e.